The molecule has 4 rings (SSSR count). The monoisotopic (exact) mass is 524 g/mol. The molecule has 0 spiro atoms. The van der Waals surface area contributed by atoms with E-state index in [-0.39, 0.29) is 18.1 Å². The number of pyridine rings is 2. The van der Waals surface area contributed by atoms with Crippen LogP contribution in [0.5, 0.6) is 5.88 Å². The second-order valence-corrected chi connectivity index (χ2v) is 8.98. The van der Waals surface area contributed by atoms with E-state index in [0.717, 1.165) is 17.0 Å². The molecule has 1 aliphatic heterocycles. The molecule has 1 fully saturated rings. The molecule has 13 heteroatoms. The van der Waals surface area contributed by atoms with Gasteiger partial charge in [0.05, 0.1) is 36.5 Å². The van der Waals surface area contributed by atoms with E-state index in [1.54, 1.807) is 38.4 Å². The summed E-state index contributed by atoms with van der Waals surface area (Å²) >= 11 is 0. The molecule has 3 aromatic heterocycles. The minimum Gasteiger partial charge on any atom is -0.481 e. The van der Waals surface area contributed by atoms with Crippen molar-refractivity contribution in [2.75, 3.05) is 25.5 Å². The lowest BCUT2D eigenvalue weighted by Crippen LogP contribution is -2.57. The number of hydrogen-bond acceptors (Lipinski definition) is 6. The Balaban J connectivity index is 1.62. The first kappa shape index (κ1) is 26.3. The normalized spacial score (nSPS) is 19.5. The second-order valence-electron chi connectivity index (χ2n) is 8.98. The van der Waals surface area contributed by atoms with Crippen molar-refractivity contribution in [3.63, 3.8) is 0 Å². The predicted molar refractivity (Wildman–Crippen MR) is 124 cm³/mol. The number of rotatable bonds is 6. The maximum atomic E-state index is 14.6. The van der Waals surface area contributed by atoms with Gasteiger partial charge in [0.1, 0.15) is 5.82 Å². The van der Waals surface area contributed by atoms with Gasteiger partial charge >= 0.3 is 6.18 Å². The van der Waals surface area contributed by atoms with Crippen LogP contribution >= 0.6 is 0 Å². The van der Waals surface area contributed by atoms with E-state index in [9.17, 15) is 26.7 Å². The molecule has 8 nitrogen and oxygen atoms in total. The van der Waals surface area contributed by atoms with E-state index in [2.05, 4.69) is 20.4 Å². The summed E-state index contributed by atoms with van der Waals surface area (Å²) < 4.78 is 74.3. The molecule has 0 saturated carbocycles. The third kappa shape index (κ3) is 5.81. The van der Waals surface area contributed by atoms with Crippen molar-refractivity contribution < 1.29 is 31.5 Å². The van der Waals surface area contributed by atoms with Gasteiger partial charge in [0.15, 0.2) is 5.69 Å². The Labute approximate surface area is 209 Å². The van der Waals surface area contributed by atoms with E-state index in [1.807, 2.05) is 0 Å². The molecule has 4 heterocycles. The number of amides is 1. The van der Waals surface area contributed by atoms with Crippen LogP contribution in [0.3, 0.4) is 0 Å². The van der Waals surface area contributed by atoms with Gasteiger partial charge in [0.25, 0.3) is 11.8 Å². The maximum Gasteiger partial charge on any atom is 0.417 e. The van der Waals surface area contributed by atoms with Gasteiger partial charge in [-0.1, -0.05) is 13.0 Å². The Morgan fingerprint density at radius 3 is 2.65 bits per heavy atom. The smallest absolute Gasteiger partial charge is 0.417 e. The first-order valence-corrected chi connectivity index (χ1v) is 11.4. The van der Waals surface area contributed by atoms with Crippen LogP contribution in [0.15, 0.2) is 42.7 Å². The molecule has 1 aliphatic rings. The molecule has 1 N–H and O–H groups in total. The molecule has 0 radical (unpaired) electrons. The summed E-state index contributed by atoms with van der Waals surface area (Å²) in [6.07, 6.45) is -2.72. The summed E-state index contributed by atoms with van der Waals surface area (Å²) in [6, 6.07) is 6.29. The Morgan fingerprint density at radius 2 is 2.00 bits per heavy atom. The van der Waals surface area contributed by atoms with Gasteiger partial charge in [-0.3, -0.25) is 9.48 Å². The number of anilines is 1. The highest BCUT2D eigenvalue weighted by Gasteiger charge is 2.47. The third-order valence-electron chi connectivity index (χ3n) is 6.16. The molecule has 0 aromatic carbocycles. The van der Waals surface area contributed by atoms with Crippen molar-refractivity contribution in [1.29, 1.82) is 0 Å². The number of carbonyl (C=O) groups is 1. The van der Waals surface area contributed by atoms with E-state index in [0.29, 0.717) is 23.3 Å². The summed E-state index contributed by atoms with van der Waals surface area (Å²) in [5.74, 6) is -4.02. The summed E-state index contributed by atoms with van der Waals surface area (Å²) in [6.45, 7) is 0.772. The summed E-state index contributed by atoms with van der Waals surface area (Å²) in [7, 11) is 3.05. The fraction of sp³-hybridized carbons (Fsp3) is 0.417. The van der Waals surface area contributed by atoms with Crippen LogP contribution in [-0.2, 0) is 13.2 Å². The van der Waals surface area contributed by atoms with Crippen LogP contribution in [0.1, 0.15) is 29.4 Å². The number of nitrogens with one attached hydrogen (secondary N) is 1. The molecular formula is C24H25F5N6O2. The molecule has 1 saturated heterocycles. The number of ether oxygens (including phenoxy) is 1. The Hall–Kier alpha value is -3.77. The Kier molecular flexibility index (Phi) is 7.07. The van der Waals surface area contributed by atoms with Gasteiger partial charge in [0, 0.05) is 38.5 Å². The number of carbonyl (C=O) groups excluding carboxylic acids is 1. The molecule has 0 aliphatic carbocycles. The molecule has 1 amide bonds. The van der Waals surface area contributed by atoms with E-state index < -0.39 is 48.5 Å². The number of halogens is 5. The number of aromatic nitrogens is 4. The number of likely N-dealkylation sites (tertiary alicyclic amines) is 1. The maximum absolute atomic E-state index is 14.6. The quantitative estimate of drug-likeness (QED) is 0.478. The van der Waals surface area contributed by atoms with Crippen molar-refractivity contribution in [2.24, 2.45) is 13.0 Å². The van der Waals surface area contributed by atoms with Gasteiger partial charge in [-0.15, -0.1) is 0 Å². The summed E-state index contributed by atoms with van der Waals surface area (Å²) in [4.78, 5) is 22.8. The zero-order valence-electron chi connectivity index (χ0n) is 20.3. The third-order valence-corrected chi connectivity index (χ3v) is 6.16. The lowest BCUT2D eigenvalue weighted by molar-refractivity contribution is -0.137. The van der Waals surface area contributed by atoms with Crippen LogP contribution in [-0.4, -0.2) is 62.7 Å². The lowest BCUT2D eigenvalue weighted by Gasteiger charge is -2.43. The van der Waals surface area contributed by atoms with E-state index >= 15 is 0 Å². The SMILES string of the molecule is COc1cccc(-c2cn(C)nc2C(=O)N2CC(F)(F)CC(C)C2CNc2ccc(C(F)(F)F)cn2)n1. The van der Waals surface area contributed by atoms with Gasteiger partial charge in [-0.05, 0) is 24.1 Å². The largest absolute Gasteiger partial charge is 0.481 e. The molecule has 2 atom stereocenters. The topological polar surface area (TPSA) is 85.2 Å². The number of aryl methyl sites for hydroxylation is 1. The number of nitrogens with zero attached hydrogens (tertiary/aromatic N) is 5. The predicted octanol–water partition coefficient (Wildman–Crippen LogP) is 4.50. The van der Waals surface area contributed by atoms with Crippen molar-refractivity contribution in [3.8, 4) is 17.1 Å². The second kappa shape index (κ2) is 9.94. The van der Waals surface area contributed by atoms with Gasteiger partial charge in [0.2, 0.25) is 5.88 Å². The number of methoxy groups -OCH3 is 1. The molecule has 3 aromatic rings. The average molecular weight is 524 g/mol. The van der Waals surface area contributed by atoms with Gasteiger partial charge in [-0.25, -0.2) is 18.7 Å². The number of alkyl halides is 5. The van der Waals surface area contributed by atoms with Gasteiger partial charge < -0.3 is 15.0 Å². The van der Waals surface area contributed by atoms with Crippen molar-refractivity contribution in [2.45, 2.75) is 31.5 Å². The zero-order chi connectivity index (χ0) is 27.0. The molecule has 198 valence electrons. The average Bonchev–Trinajstić information content (AvgIpc) is 3.23. The lowest BCUT2D eigenvalue weighted by atomic mass is 9.88. The van der Waals surface area contributed by atoms with Crippen molar-refractivity contribution in [3.05, 3.63) is 54.0 Å². The minimum absolute atomic E-state index is 0.000921. The van der Waals surface area contributed by atoms with Gasteiger partial charge in [-0.2, -0.15) is 18.3 Å². The Morgan fingerprint density at radius 1 is 1.24 bits per heavy atom. The van der Waals surface area contributed by atoms with E-state index in [4.69, 9.17) is 4.74 Å². The fourth-order valence-corrected chi connectivity index (χ4v) is 4.40. The standard InChI is InChI=1S/C24H25F5N6O2/c1-14-9-23(25,26)13-35(18(14)11-31-19-8-7-15(10-30-19)24(27,28)29)22(36)21-16(12-34(2)33-21)17-5-4-6-20(32-17)37-3/h4-8,10,12,14,18H,9,11,13H2,1-3H3,(H,30,31). The molecule has 2 unspecified atom stereocenters. The van der Waals surface area contributed by atoms with E-state index in [1.165, 1.54) is 11.8 Å². The summed E-state index contributed by atoms with van der Waals surface area (Å²) in [5.41, 5.74) is -0.222. The highest BCUT2D eigenvalue weighted by Crippen LogP contribution is 2.36. The number of piperidine rings is 1. The Bertz CT molecular complexity index is 1260. The first-order chi connectivity index (χ1) is 17.4. The first-order valence-electron chi connectivity index (χ1n) is 11.4. The molecule has 0 bridgehead atoms. The molecule has 37 heavy (non-hydrogen) atoms. The van der Waals surface area contributed by atoms with Crippen molar-refractivity contribution in [1.82, 2.24) is 24.6 Å². The van der Waals surface area contributed by atoms with Crippen molar-refractivity contribution >= 4 is 11.7 Å². The summed E-state index contributed by atoms with van der Waals surface area (Å²) in [5, 5.41) is 7.12. The van der Waals surface area contributed by atoms with Crippen LogP contribution in [0.4, 0.5) is 27.8 Å². The van der Waals surface area contributed by atoms with Crippen LogP contribution in [0.2, 0.25) is 0 Å². The van der Waals surface area contributed by atoms with Crippen LogP contribution in [0.25, 0.3) is 11.3 Å². The number of hydrogen-bond donors (Lipinski definition) is 1. The zero-order valence-corrected chi connectivity index (χ0v) is 20.3. The highest BCUT2D eigenvalue weighted by molar-refractivity contribution is 5.99. The highest BCUT2D eigenvalue weighted by atomic mass is 19.4. The van der Waals surface area contributed by atoms with Crippen LogP contribution in [0, 0.1) is 5.92 Å². The minimum atomic E-state index is -4.53. The van der Waals surface area contributed by atoms with Crippen LogP contribution < -0.4 is 10.1 Å². The fourth-order valence-electron chi connectivity index (χ4n) is 4.40. The molecular weight excluding hydrogens is 499 g/mol.